The summed E-state index contributed by atoms with van der Waals surface area (Å²) in [5, 5.41) is 0. The summed E-state index contributed by atoms with van der Waals surface area (Å²) in [7, 11) is 0. The van der Waals surface area contributed by atoms with Gasteiger partial charge in [-0.3, -0.25) is 4.98 Å². The van der Waals surface area contributed by atoms with Crippen LogP contribution in [0, 0.1) is 0 Å². The van der Waals surface area contributed by atoms with Gasteiger partial charge in [0.2, 0.25) is 0 Å². The number of rotatable bonds is 5. The van der Waals surface area contributed by atoms with Crippen LogP contribution in [0.25, 0.3) is 67.5 Å². The zero-order valence-corrected chi connectivity index (χ0v) is 30.2. The number of para-hydroxylation sites is 2. The Morgan fingerprint density at radius 2 is 0.786 bits per heavy atom. The lowest BCUT2D eigenvalue weighted by molar-refractivity contribution is 0.436. The highest BCUT2D eigenvalue weighted by Crippen LogP contribution is 2.62. The van der Waals surface area contributed by atoms with Crippen molar-refractivity contribution in [1.29, 1.82) is 0 Å². The monoisotopic (exact) mass is 716 g/mol. The Morgan fingerprint density at radius 3 is 1.34 bits per heavy atom. The predicted molar refractivity (Wildman–Crippen MR) is 222 cm³/mol. The molecule has 0 amide bonds. The maximum atomic E-state index is 6.61. The maximum Gasteiger partial charge on any atom is 0.164 e. The van der Waals surface area contributed by atoms with Crippen molar-refractivity contribution in [1.82, 2.24) is 19.9 Å². The second kappa shape index (κ2) is 12.8. The molecule has 1 aliphatic carbocycles. The SMILES string of the molecule is c1ccc(-c2nc(-c3ccccc3)nc(-c3ccc4c(c3)-c3cc(-c5ccc(-c6cccnc6)cc5)ccc3C43c4ccccc4Oc4ccccc43)n2)cc1. The summed E-state index contributed by atoms with van der Waals surface area (Å²) in [6.07, 6.45) is 3.71. The van der Waals surface area contributed by atoms with E-state index in [0.717, 1.165) is 67.1 Å². The van der Waals surface area contributed by atoms with Crippen molar-refractivity contribution < 1.29 is 4.74 Å². The Labute approximate surface area is 324 Å². The van der Waals surface area contributed by atoms with Crippen LogP contribution in [0.3, 0.4) is 0 Å². The van der Waals surface area contributed by atoms with E-state index in [1.165, 1.54) is 16.7 Å². The van der Waals surface area contributed by atoms with Crippen molar-refractivity contribution >= 4 is 0 Å². The first-order valence-electron chi connectivity index (χ1n) is 18.8. The summed E-state index contributed by atoms with van der Waals surface area (Å²) >= 11 is 0. The van der Waals surface area contributed by atoms with Crippen molar-refractivity contribution in [3.8, 4) is 79.0 Å². The van der Waals surface area contributed by atoms with Crippen molar-refractivity contribution in [3.05, 3.63) is 217 Å². The van der Waals surface area contributed by atoms with Gasteiger partial charge in [-0.2, -0.15) is 0 Å². The average molecular weight is 717 g/mol. The van der Waals surface area contributed by atoms with Gasteiger partial charge in [-0.15, -0.1) is 0 Å². The Bertz CT molecular complexity index is 2830. The van der Waals surface area contributed by atoms with Gasteiger partial charge in [0, 0.05) is 40.2 Å². The lowest BCUT2D eigenvalue weighted by Crippen LogP contribution is -2.32. The lowest BCUT2D eigenvalue weighted by atomic mass is 9.66. The van der Waals surface area contributed by atoms with Gasteiger partial charge in [-0.05, 0) is 74.8 Å². The molecule has 0 radical (unpaired) electrons. The number of ether oxygens (including phenoxy) is 1. The fraction of sp³-hybridized carbons (Fsp3) is 0.0196. The van der Waals surface area contributed by atoms with Crippen LogP contribution >= 0.6 is 0 Å². The molecule has 0 bridgehead atoms. The van der Waals surface area contributed by atoms with Crippen molar-refractivity contribution in [2.24, 2.45) is 0 Å². The van der Waals surface area contributed by atoms with Crippen LogP contribution in [0.2, 0.25) is 0 Å². The molecule has 0 atom stereocenters. The summed E-state index contributed by atoms with van der Waals surface area (Å²) < 4.78 is 6.61. The summed E-state index contributed by atoms with van der Waals surface area (Å²) in [4.78, 5) is 19.5. The van der Waals surface area contributed by atoms with E-state index in [1.807, 2.05) is 85.1 Å². The summed E-state index contributed by atoms with van der Waals surface area (Å²) in [5.74, 6) is 3.62. The minimum Gasteiger partial charge on any atom is -0.457 e. The van der Waals surface area contributed by atoms with E-state index in [1.54, 1.807) is 6.20 Å². The molecule has 0 saturated heterocycles. The van der Waals surface area contributed by atoms with Gasteiger partial charge >= 0.3 is 0 Å². The topological polar surface area (TPSA) is 60.8 Å². The largest absolute Gasteiger partial charge is 0.457 e. The third kappa shape index (κ3) is 5.02. The Morgan fingerprint density at radius 1 is 0.339 bits per heavy atom. The minimum absolute atomic E-state index is 0.596. The van der Waals surface area contributed by atoms with Crippen LogP contribution in [0.4, 0.5) is 0 Å². The molecule has 11 rings (SSSR count). The van der Waals surface area contributed by atoms with Crippen LogP contribution in [0.15, 0.2) is 194 Å². The average Bonchev–Trinajstić information content (AvgIpc) is 3.56. The molecule has 7 aromatic carbocycles. The highest BCUT2D eigenvalue weighted by atomic mass is 16.5. The summed E-state index contributed by atoms with van der Waals surface area (Å²) in [5.41, 5.74) is 13.7. The molecule has 0 saturated carbocycles. The van der Waals surface area contributed by atoms with E-state index in [0.29, 0.717) is 17.5 Å². The highest BCUT2D eigenvalue weighted by Gasteiger charge is 2.51. The van der Waals surface area contributed by atoms with E-state index in [4.69, 9.17) is 19.7 Å². The van der Waals surface area contributed by atoms with Crippen LogP contribution < -0.4 is 4.74 Å². The second-order valence-corrected chi connectivity index (χ2v) is 14.2. The number of benzene rings is 7. The molecule has 2 aromatic heterocycles. The first-order valence-corrected chi connectivity index (χ1v) is 18.8. The van der Waals surface area contributed by atoms with Gasteiger partial charge in [0.1, 0.15) is 11.5 Å². The predicted octanol–water partition coefficient (Wildman–Crippen LogP) is 12.1. The van der Waals surface area contributed by atoms with E-state index in [9.17, 15) is 0 Å². The van der Waals surface area contributed by atoms with Crippen molar-refractivity contribution in [3.63, 3.8) is 0 Å². The van der Waals surface area contributed by atoms with Gasteiger partial charge in [-0.25, -0.2) is 15.0 Å². The smallest absolute Gasteiger partial charge is 0.164 e. The van der Waals surface area contributed by atoms with E-state index in [2.05, 4.69) is 108 Å². The summed E-state index contributed by atoms with van der Waals surface area (Å²) in [6.45, 7) is 0. The molecule has 262 valence electrons. The third-order valence-corrected chi connectivity index (χ3v) is 11.1. The fourth-order valence-electron chi connectivity index (χ4n) is 8.55. The van der Waals surface area contributed by atoms with Gasteiger partial charge < -0.3 is 4.74 Å². The zero-order valence-electron chi connectivity index (χ0n) is 30.2. The summed E-state index contributed by atoms with van der Waals surface area (Å²) in [6, 6.07) is 63.6. The lowest BCUT2D eigenvalue weighted by Gasteiger charge is -2.39. The maximum absolute atomic E-state index is 6.61. The van der Waals surface area contributed by atoms with Gasteiger partial charge in [0.05, 0.1) is 5.41 Å². The quantitative estimate of drug-likeness (QED) is 0.177. The second-order valence-electron chi connectivity index (χ2n) is 14.2. The highest BCUT2D eigenvalue weighted by molar-refractivity contribution is 5.92. The van der Waals surface area contributed by atoms with Crippen LogP contribution in [0.5, 0.6) is 11.5 Å². The van der Waals surface area contributed by atoms with E-state index < -0.39 is 5.41 Å². The molecule has 56 heavy (non-hydrogen) atoms. The molecule has 2 aliphatic rings. The molecule has 5 nitrogen and oxygen atoms in total. The molecule has 9 aromatic rings. The standard InChI is InChI=1S/C51H32N4O/c1-3-12-35(13-4-1)48-53-49(36-14-5-2-6-15-36)55-50(54-48)38-26-28-43-41(31-38)40-30-37(33-21-23-34(24-22-33)39-16-11-29-52-32-39)25-27-42(40)51(43)44-17-7-9-19-46(44)56-47-20-10-8-18-45(47)51/h1-32H. The van der Waals surface area contributed by atoms with Crippen LogP contribution in [-0.4, -0.2) is 19.9 Å². The number of nitrogens with zero attached hydrogens (tertiary/aromatic N) is 4. The number of hydrogen-bond acceptors (Lipinski definition) is 5. The van der Waals surface area contributed by atoms with E-state index in [-0.39, 0.29) is 0 Å². The number of aromatic nitrogens is 4. The molecule has 1 spiro atoms. The van der Waals surface area contributed by atoms with Crippen molar-refractivity contribution in [2.45, 2.75) is 5.41 Å². The molecular formula is C51H32N4O. The molecule has 0 unspecified atom stereocenters. The molecular weight excluding hydrogens is 685 g/mol. The Balaban J connectivity index is 1.14. The van der Waals surface area contributed by atoms with Crippen molar-refractivity contribution in [2.75, 3.05) is 0 Å². The van der Waals surface area contributed by atoms with Gasteiger partial charge in [-0.1, -0.05) is 152 Å². The van der Waals surface area contributed by atoms with Crippen LogP contribution in [-0.2, 0) is 5.41 Å². The molecule has 3 heterocycles. The Kier molecular flexibility index (Phi) is 7.32. The molecule has 5 heteroatoms. The third-order valence-electron chi connectivity index (χ3n) is 11.1. The molecule has 0 N–H and O–H groups in total. The van der Waals surface area contributed by atoms with Crippen LogP contribution in [0.1, 0.15) is 22.3 Å². The minimum atomic E-state index is -0.596. The van der Waals surface area contributed by atoms with Gasteiger partial charge in [0.15, 0.2) is 17.5 Å². The fourth-order valence-corrected chi connectivity index (χ4v) is 8.55. The number of fused-ring (bicyclic) bond motifs is 9. The number of hydrogen-bond donors (Lipinski definition) is 0. The normalized spacial score (nSPS) is 12.9. The Hall–Kier alpha value is -7.50. The molecule has 0 fully saturated rings. The first kappa shape index (κ1) is 32.0. The first-order chi connectivity index (χ1) is 27.7. The van der Waals surface area contributed by atoms with E-state index >= 15 is 0 Å². The zero-order chi connectivity index (χ0) is 37.1. The number of pyridine rings is 1. The van der Waals surface area contributed by atoms with Gasteiger partial charge in [0.25, 0.3) is 0 Å². The molecule has 1 aliphatic heterocycles.